The molecule has 0 spiro atoms. The fourth-order valence-electron chi connectivity index (χ4n) is 4.37. The average Bonchev–Trinajstić information content (AvgIpc) is 3.13. The van der Waals surface area contributed by atoms with Crippen LogP contribution in [0.1, 0.15) is 60.8 Å². The molecule has 4 heterocycles. The van der Waals surface area contributed by atoms with Crippen LogP contribution in [0.25, 0.3) is 0 Å². The minimum atomic E-state index is -1.01. The first-order valence-corrected chi connectivity index (χ1v) is 12.2. The lowest BCUT2D eigenvalue weighted by molar-refractivity contribution is -0.0688. The standard InChI is InChI=1S/C25H32ClN5O5/c1-24(2,3)36-23(33)31-13-15-20(22(31)32)17(12-27-21(15)26)28-19-7-6-16(18(29-19)14-30(4)5)25(34)8-10-35-11-9-25/h6-7,12,34H,8-11,13-14H2,1-5H3,(H,28,29). The lowest BCUT2D eigenvalue weighted by Gasteiger charge is -2.34. The van der Waals surface area contributed by atoms with E-state index in [1.54, 1.807) is 26.8 Å². The first-order chi connectivity index (χ1) is 16.9. The smallest absolute Gasteiger partial charge is 0.417 e. The Bertz CT molecular complexity index is 1170. The Hall–Kier alpha value is -2.79. The molecule has 2 aromatic rings. The molecule has 0 bridgehead atoms. The van der Waals surface area contributed by atoms with Gasteiger partial charge in [0.2, 0.25) is 0 Å². The Morgan fingerprint density at radius 1 is 1.31 bits per heavy atom. The van der Waals surface area contributed by atoms with Gasteiger partial charge < -0.3 is 24.8 Å². The third-order valence-electron chi connectivity index (χ3n) is 6.04. The van der Waals surface area contributed by atoms with E-state index in [0.29, 0.717) is 49.7 Å². The van der Waals surface area contributed by atoms with E-state index >= 15 is 0 Å². The molecule has 1 saturated heterocycles. The van der Waals surface area contributed by atoms with Gasteiger partial charge in [0.15, 0.2) is 0 Å². The molecule has 2 aliphatic heterocycles. The molecule has 2 aliphatic rings. The number of aromatic nitrogens is 2. The average molecular weight is 518 g/mol. The van der Waals surface area contributed by atoms with Crippen molar-refractivity contribution in [1.82, 2.24) is 19.8 Å². The van der Waals surface area contributed by atoms with Gasteiger partial charge in [-0.05, 0) is 40.9 Å². The van der Waals surface area contributed by atoms with E-state index in [4.69, 9.17) is 26.1 Å². The number of amides is 2. The van der Waals surface area contributed by atoms with Gasteiger partial charge in [-0.3, -0.25) is 4.79 Å². The van der Waals surface area contributed by atoms with Crippen molar-refractivity contribution in [1.29, 1.82) is 0 Å². The lowest BCUT2D eigenvalue weighted by atomic mass is 9.85. The highest BCUT2D eigenvalue weighted by Gasteiger charge is 2.39. The predicted molar refractivity (Wildman–Crippen MR) is 134 cm³/mol. The SMILES string of the molecule is CN(C)Cc1nc(Nc2cnc(Cl)c3c2C(=O)N(C(=O)OC(C)(C)C)C3)ccc1C1(O)CCOCC1. The number of imide groups is 1. The summed E-state index contributed by atoms with van der Waals surface area (Å²) in [5, 5.41) is 14.6. The Labute approximate surface area is 215 Å². The van der Waals surface area contributed by atoms with Crippen molar-refractivity contribution in [3.8, 4) is 0 Å². The Morgan fingerprint density at radius 2 is 2.00 bits per heavy atom. The van der Waals surface area contributed by atoms with Gasteiger partial charge in [0.25, 0.3) is 5.91 Å². The molecule has 194 valence electrons. The molecule has 36 heavy (non-hydrogen) atoms. The van der Waals surface area contributed by atoms with E-state index in [1.807, 2.05) is 25.1 Å². The highest BCUT2D eigenvalue weighted by atomic mass is 35.5. The molecule has 0 aromatic carbocycles. The predicted octanol–water partition coefficient (Wildman–Crippen LogP) is 3.82. The molecule has 4 rings (SSSR count). The monoisotopic (exact) mass is 517 g/mol. The molecule has 0 radical (unpaired) electrons. The van der Waals surface area contributed by atoms with Gasteiger partial charge in [0, 0.05) is 43.7 Å². The summed E-state index contributed by atoms with van der Waals surface area (Å²) in [6, 6.07) is 3.62. The highest BCUT2D eigenvalue weighted by Crippen LogP contribution is 2.37. The minimum absolute atomic E-state index is 0.0300. The number of aliphatic hydroxyl groups is 1. The van der Waals surface area contributed by atoms with Gasteiger partial charge in [0.1, 0.15) is 16.6 Å². The maximum absolute atomic E-state index is 13.2. The van der Waals surface area contributed by atoms with Gasteiger partial charge >= 0.3 is 6.09 Å². The van der Waals surface area contributed by atoms with Crippen LogP contribution in [-0.4, -0.2) is 69.8 Å². The number of carbonyl (C=O) groups excluding carboxylic acids is 2. The number of carbonyl (C=O) groups is 2. The van der Waals surface area contributed by atoms with Crippen molar-refractivity contribution in [2.45, 2.75) is 57.9 Å². The van der Waals surface area contributed by atoms with Crippen LogP contribution in [0.2, 0.25) is 5.15 Å². The number of anilines is 2. The molecule has 0 atom stereocenters. The number of pyridine rings is 2. The molecule has 2 amide bonds. The molecule has 0 saturated carbocycles. The molecule has 0 unspecified atom stereocenters. The molecule has 2 aromatic heterocycles. The van der Waals surface area contributed by atoms with Crippen LogP contribution in [0.3, 0.4) is 0 Å². The summed E-state index contributed by atoms with van der Waals surface area (Å²) in [7, 11) is 3.86. The van der Waals surface area contributed by atoms with Crippen LogP contribution in [0, 0.1) is 0 Å². The van der Waals surface area contributed by atoms with Crippen molar-refractivity contribution in [3.63, 3.8) is 0 Å². The number of ether oxygens (including phenoxy) is 2. The second-order valence-electron chi connectivity index (χ2n) is 10.4. The normalized spacial score (nSPS) is 17.3. The number of fused-ring (bicyclic) bond motifs is 1. The number of nitrogens with zero attached hydrogens (tertiary/aromatic N) is 4. The van der Waals surface area contributed by atoms with E-state index in [9.17, 15) is 14.7 Å². The van der Waals surface area contributed by atoms with Gasteiger partial charge in [-0.15, -0.1) is 0 Å². The number of halogens is 1. The van der Waals surface area contributed by atoms with Gasteiger partial charge in [-0.25, -0.2) is 19.7 Å². The summed E-state index contributed by atoms with van der Waals surface area (Å²) in [4.78, 5) is 37.8. The van der Waals surface area contributed by atoms with Crippen molar-refractivity contribution in [2.75, 3.05) is 32.6 Å². The van der Waals surface area contributed by atoms with Gasteiger partial charge in [-0.2, -0.15) is 0 Å². The van der Waals surface area contributed by atoms with Crippen LogP contribution in [0.5, 0.6) is 0 Å². The van der Waals surface area contributed by atoms with Crippen molar-refractivity contribution in [2.24, 2.45) is 0 Å². The lowest BCUT2D eigenvalue weighted by Crippen LogP contribution is -2.37. The van der Waals surface area contributed by atoms with Gasteiger partial charge in [-0.1, -0.05) is 17.7 Å². The Balaban J connectivity index is 1.66. The summed E-state index contributed by atoms with van der Waals surface area (Å²) >= 11 is 6.29. The van der Waals surface area contributed by atoms with E-state index in [0.717, 1.165) is 16.2 Å². The summed E-state index contributed by atoms with van der Waals surface area (Å²) in [6.45, 7) is 6.65. The topological polar surface area (TPSA) is 117 Å². The molecular weight excluding hydrogens is 486 g/mol. The van der Waals surface area contributed by atoms with E-state index in [-0.39, 0.29) is 17.3 Å². The third kappa shape index (κ3) is 5.46. The van der Waals surface area contributed by atoms with Crippen LogP contribution in [0.4, 0.5) is 16.3 Å². The van der Waals surface area contributed by atoms with Crippen molar-refractivity contribution < 1.29 is 24.2 Å². The fourth-order valence-corrected chi connectivity index (χ4v) is 4.58. The maximum Gasteiger partial charge on any atom is 0.417 e. The number of nitrogens with one attached hydrogen (secondary N) is 1. The largest absolute Gasteiger partial charge is 0.443 e. The quantitative estimate of drug-likeness (QED) is 0.570. The Kier molecular flexibility index (Phi) is 7.25. The summed E-state index contributed by atoms with van der Waals surface area (Å²) in [5.41, 5.74) is 0.793. The zero-order valence-electron chi connectivity index (χ0n) is 21.2. The van der Waals surface area contributed by atoms with Crippen LogP contribution in [-0.2, 0) is 28.2 Å². The van der Waals surface area contributed by atoms with Crippen molar-refractivity contribution >= 4 is 35.1 Å². The maximum atomic E-state index is 13.2. The van der Waals surface area contributed by atoms with Crippen LogP contribution >= 0.6 is 11.6 Å². The third-order valence-corrected chi connectivity index (χ3v) is 6.37. The first kappa shape index (κ1) is 26.3. The summed E-state index contributed by atoms with van der Waals surface area (Å²) in [5.74, 6) is -0.0474. The van der Waals surface area contributed by atoms with Crippen LogP contribution in [0.15, 0.2) is 18.3 Å². The number of hydrogen-bond acceptors (Lipinski definition) is 9. The first-order valence-electron chi connectivity index (χ1n) is 11.8. The summed E-state index contributed by atoms with van der Waals surface area (Å²) < 4.78 is 10.8. The zero-order valence-corrected chi connectivity index (χ0v) is 22.0. The van der Waals surface area contributed by atoms with E-state index in [2.05, 4.69) is 10.3 Å². The molecule has 10 nitrogen and oxygen atoms in total. The molecular formula is C25H32ClN5O5. The minimum Gasteiger partial charge on any atom is -0.443 e. The van der Waals surface area contributed by atoms with Gasteiger partial charge in [0.05, 0.1) is 35.3 Å². The highest BCUT2D eigenvalue weighted by molar-refractivity contribution is 6.31. The second-order valence-corrected chi connectivity index (χ2v) is 10.7. The summed E-state index contributed by atoms with van der Waals surface area (Å²) in [6.07, 6.45) is 1.69. The zero-order chi connectivity index (χ0) is 26.3. The number of hydrogen-bond donors (Lipinski definition) is 2. The van der Waals surface area contributed by atoms with E-state index < -0.39 is 23.2 Å². The van der Waals surface area contributed by atoms with Crippen molar-refractivity contribution in [3.05, 3.63) is 45.9 Å². The van der Waals surface area contributed by atoms with Crippen LogP contribution < -0.4 is 5.32 Å². The molecule has 0 aliphatic carbocycles. The van der Waals surface area contributed by atoms with E-state index in [1.165, 1.54) is 6.20 Å². The molecule has 1 fully saturated rings. The molecule has 11 heteroatoms. The second kappa shape index (κ2) is 9.93. The fraction of sp³-hybridized carbons (Fsp3) is 0.520. The number of rotatable bonds is 5. The Morgan fingerprint density at radius 3 is 2.64 bits per heavy atom. The molecule has 2 N–H and O–H groups in total.